The highest BCUT2D eigenvalue weighted by molar-refractivity contribution is 7.12. The summed E-state index contributed by atoms with van der Waals surface area (Å²) in [6.45, 7) is 0.472. The lowest BCUT2D eigenvalue weighted by Crippen LogP contribution is -2.28. The third-order valence-corrected chi connectivity index (χ3v) is 5.04. The summed E-state index contributed by atoms with van der Waals surface area (Å²) >= 11 is 1.40. The highest BCUT2D eigenvalue weighted by Crippen LogP contribution is 2.24. The number of amides is 2. The van der Waals surface area contributed by atoms with Gasteiger partial charge in [-0.2, -0.15) is 0 Å². The van der Waals surface area contributed by atoms with Crippen molar-refractivity contribution in [3.8, 4) is 11.5 Å². The first kappa shape index (κ1) is 19.6. The molecule has 3 aromatic rings. The van der Waals surface area contributed by atoms with Gasteiger partial charge in [-0.15, -0.1) is 11.3 Å². The summed E-state index contributed by atoms with van der Waals surface area (Å²) in [7, 11) is 1.75. The molecule has 0 bridgehead atoms. The molecule has 2 aromatic carbocycles. The second kappa shape index (κ2) is 9.71. The molecule has 0 atom stereocenters. The fraction of sp³-hybridized carbons (Fsp3) is 0.182. The standard InChI is InChI=1S/C22H22N2O3S/c1-24(21(25)10-5-15-23-22(26)20-9-6-16-28-20)17-11-13-19(14-12-17)27-18-7-3-2-4-8-18/h2-4,6-9,11-14,16H,5,10,15H2,1H3,(H,23,26). The zero-order valence-electron chi connectivity index (χ0n) is 15.6. The smallest absolute Gasteiger partial charge is 0.261 e. The molecule has 1 heterocycles. The summed E-state index contributed by atoms with van der Waals surface area (Å²) in [5.41, 5.74) is 0.799. The monoisotopic (exact) mass is 394 g/mol. The van der Waals surface area contributed by atoms with Crippen molar-refractivity contribution >= 4 is 28.8 Å². The first-order chi connectivity index (χ1) is 13.6. The highest BCUT2D eigenvalue weighted by atomic mass is 32.1. The lowest BCUT2D eigenvalue weighted by Gasteiger charge is -2.18. The molecule has 0 radical (unpaired) electrons. The van der Waals surface area contributed by atoms with Gasteiger partial charge in [0.15, 0.2) is 0 Å². The number of ether oxygens (including phenoxy) is 1. The van der Waals surface area contributed by atoms with Gasteiger partial charge in [-0.05, 0) is 54.3 Å². The normalized spacial score (nSPS) is 10.3. The zero-order chi connectivity index (χ0) is 19.8. The van der Waals surface area contributed by atoms with Gasteiger partial charge in [-0.3, -0.25) is 9.59 Å². The Morgan fingerprint density at radius 2 is 1.68 bits per heavy atom. The SMILES string of the molecule is CN(C(=O)CCCNC(=O)c1cccs1)c1ccc(Oc2ccccc2)cc1. The number of benzene rings is 2. The summed E-state index contributed by atoms with van der Waals surface area (Å²) < 4.78 is 5.76. The quantitative estimate of drug-likeness (QED) is 0.563. The summed E-state index contributed by atoms with van der Waals surface area (Å²) in [4.78, 5) is 26.5. The Bertz CT molecular complexity index is 893. The van der Waals surface area contributed by atoms with Crippen molar-refractivity contribution in [3.05, 3.63) is 77.0 Å². The number of thiophene rings is 1. The van der Waals surface area contributed by atoms with Crippen LogP contribution in [0.25, 0.3) is 0 Å². The van der Waals surface area contributed by atoms with E-state index in [-0.39, 0.29) is 11.8 Å². The maximum Gasteiger partial charge on any atom is 0.261 e. The van der Waals surface area contributed by atoms with Crippen LogP contribution in [0.4, 0.5) is 5.69 Å². The van der Waals surface area contributed by atoms with Crippen LogP contribution in [-0.2, 0) is 4.79 Å². The van der Waals surface area contributed by atoms with E-state index >= 15 is 0 Å². The van der Waals surface area contributed by atoms with Crippen LogP contribution in [0.15, 0.2) is 72.1 Å². The summed E-state index contributed by atoms with van der Waals surface area (Å²) in [6.07, 6.45) is 0.957. The molecule has 1 N–H and O–H groups in total. The average Bonchev–Trinajstić information content (AvgIpc) is 3.27. The Kier molecular flexibility index (Phi) is 6.81. The number of carbonyl (C=O) groups is 2. The third-order valence-electron chi connectivity index (χ3n) is 4.17. The lowest BCUT2D eigenvalue weighted by atomic mass is 10.2. The maximum absolute atomic E-state index is 12.4. The summed E-state index contributed by atoms with van der Waals surface area (Å²) in [5.74, 6) is 1.39. The summed E-state index contributed by atoms with van der Waals surface area (Å²) in [5, 5.41) is 4.70. The van der Waals surface area contributed by atoms with E-state index in [4.69, 9.17) is 4.74 Å². The minimum atomic E-state index is -0.0928. The van der Waals surface area contributed by atoms with Crippen molar-refractivity contribution in [2.24, 2.45) is 0 Å². The molecule has 0 saturated carbocycles. The zero-order valence-corrected chi connectivity index (χ0v) is 16.4. The second-order valence-corrected chi connectivity index (χ2v) is 7.15. The number of rotatable bonds is 8. The molecule has 144 valence electrons. The van der Waals surface area contributed by atoms with E-state index in [2.05, 4.69) is 5.32 Å². The van der Waals surface area contributed by atoms with Crippen LogP contribution in [0.5, 0.6) is 11.5 Å². The van der Waals surface area contributed by atoms with Crippen LogP contribution in [0.1, 0.15) is 22.5 Å². The molecule has 5 nitrogen and oxygen atoms in total. The molecule has 1 aromatic heterocycles. The summed E-state index contributed by atoms with van der Waals surface area (Å²) in [6, 6.07) is 20.6. The molecule has 0 saturated heterocycles. The molecule has 2 amide bonds. The number of anilines is 1. The molecule has 0 aliphatic carbocycles. The van der Waals surface area contributed by atoms with Crippen LogP contribution in [0.3, 0.4) is 0 Å². The number of hydrogen-bond donors (Lipinski definition) is 1. The van der Waals surface area contributed by atoms with E-state index < -0.39 is 0 Å². The maximum atomic E-state index is 12.4. The number of nitrogens with zero attached hydrogens (tertiary/aromatic N) is 1. The van der Waals surface area contributed by atoms with Crippen LogP contribution in [-0.4, -0.2) is 25.4 Å². The van der Waals surface area contributed by atoms with Crippen molar-refractivity contribution in [2.75, 3.05) is 18.5 Å². The predicted octanol–water partition coefficient (Wildman–Crippen LogP) is 4.71. The van der Waals surface area contributed by atoms with Crippen molar-refractivity contribution in [3.63, 3.8) is 0 Å². The molecular weight excluding hydrogens is 372 g/mol. The number of nitrogens with one attached hydrogen (secondary N) is 1. The van der Waals surface area contributed by atoms with Crippen LogP contribution in [0, 0.1) is 0 Å². The minimum Gasteiger partial charge on any atom is -0.457 e. The van der Waals surface area contributed by atoms with Gasteiger partial charge < -0.3 is 15.0 Å². The Morgan fingerprint density at radius 1 is 0.964 bits per heavy atom. The molecule has 3 rings (SSSR count). The molecule has 28 heavy (non-hydrogen) atoms. The van der Waals surface area contributed by atoms with Crippen LogP contribution in [0.2, 0.25) is 0 Å². The fourth-order valence-electron chi connectivity index (χ4n) is 2.61. The van der Waals surface area contributed by atoms with Crippen LogP contribution >= 0.6 is 11.3 Å². The fourth-order valence-corrected chi connectivity index (χ4v) is 3.25. The van der Waals surface area contributed by atoms with E-state index in [1.165, 1.54) is 11.3 Å². The van der Waals surface area contributed by atoms with Gasteiger partial charge in [0, 0.05) is 25.7 Å². The molecule has 0 aliphatic rings. The largest absolute Gasteiger partial charge is 0.457 e. The Hall–Kier alpha value is -3.12. The Labute approximate surface area is 168 Å². The van der Waals surface area contributed by atoms with Gasteiger partial charge in [0.1, 0.15) is 11.5 Å². The van der Waals surface area contributed by atoms with Gasteiger partial charge in [0.05, 0.1) is 4.88 Å². The topological polar surface area (TPSA) is 58.6 Å². The molecule has 0 aliphatic heterocycles. The van der Waals surface area contributed by atoms with E-state index in [0.717, 1.165) is 11.4 Å². The van der Waals surface area contributed by atoms with E-state index in [0.29, 0.717) is 30.0 Å². The number of hydrogen-bond acceptors (Lipinski definition) is 4. The number of carbonyl (C=O) groups excluding carboxylic acids is 2. The van der Waals surface area contributed by atoms with E-state index in [1.54, 1.807) is 18.0 Å². The molecular formula is C22H22N2O3S. The predicted molar refractivity (Wildman–Crippen MR) is 112 cm³/mol. The van der Waals surface area contributed by atoms with Crippen molar-refractivity contribution in [1.82, 2.24) is 5.32 Å². The molecule has 0 fully saturated rings. The first-order valence-electron chi connectivity index (χ1n) is 9.05. The molecule has 0 spiro atoms. The van der Waals surface area contributed by atoms with Crippen LogP contribution < -0.4 is 15.0 Å². The molecule has 6 heteroatoms. The Balaban J connectivity index is 1.44. The third kappa shape index (κ3) is 5.44. The van der Waals surface area contributed by atoms with Crippen molar-refractivity contribution < 1.29 is 14.3 Å². The van der Waals surface area contributed by atoms with E-state index in [9.17, 15) is 9.59 Å². The van der Waals surface area contributed by atoms with Crippen molar-refractivity contribution in [2.45, 2.75) is 12.8 Å². The van der Waals surface area contributed by atoms with Gasteiger partial charge >= 0.3 is 0 Å². The lowest BCUT2D eigenvalue weighted by molar-refractivity contribution is -0.118. The highest BCUT2D eigenvalue weighted by Gasteiger charge is 2.12. The average molecular weight is 394 g/mol. The van der Waals surface area contributed by atoms with Gasteiger partial charge in [0.25, 0.3) is 5.91 Å². The van der Waals surface area contributed by atoms with Crippen molar-refractivity contribution in [1.29, 1.82) is 0 Å². The van der Waals surface area contributed by atoms with Gasteiger partial charge in [0.2, 0.25) is 5.91 Å². The first-order valence-corrected chi connectivity index (χ1v) is 9.92. The Morgan fingerprint density at radius 3 is 2.36 bits per heavy atom. The second-order valence-electron chi connectivity index (χ2n) is 6.20. The van der Waals surface area contributed by atoms with Gasteiger partial charge in [-0.25, -0.2) is 0 Å². The van der Waals surface area contributed by atoms with E-state index in [1.807, 2.05) is 66.0 Å². The minimum absolute atomic E-state index is 0.00194. The van der Waals surface area contributed by atoms with Gasteiger partial charge in [-0.1, -0.05) is 24.3 Å². The molecule has 0 unspecified atom stereocenters. The number of para-hydroxylation sites is 1.